The fourth-order valence-corrected chi connectivity index (χ4v) is 1.99. The maximum absolute atomic E-state index is 11.1. The van der Waals surface area contributed by atoms with Crippen LogP contribution in [0.3, 0.4) is 0 Å². The first kappa shape index (κ1) is 9.58. The largest absolute Gasteiger partial charge is 0.616 e. The molecule has 0 spiro atoms. The third-order valence-electron chi connectivity index (χ3n) is 1.56. The van der Waals surface area contributed by atoms with E-state index in [-0.39, 0.29) is 6.54 Å². The lowest BCUT2D eigenvalue weighted by atomic mass is 10.3. The van der Waals surface area contributed by atoms with E-state index in [1.165, 1.54) is 4.67 Å². The van der Waals surface area contributed by atoms with Crippen LogP contribution in [0.15, 0.2) is 0 Å². The number of nitrogens with zero attached hydrogens (tertiary/aromatic N) is 1. The Hall–Kier alpha value is -0.510. The minimum Gasteiger partial charge on any atom is -0.480 e. The molecule has 1 aliphatic rings. The van der Waals surface area contributed by atoms with E-state index in [0.717, 1.165) is 12.8 Å². The lowest BCUT2D eigenvalue weighted by Gasteiger charge is -2.01. The lowest BCUT2D eigenvalue weighted by molar-refractivity contribution is -0.137. The van der Waals surface area contributed by atoms with Gasteiger partial charge in [0.1, 0.15) is 13.2 Å². The van der Waals surface area contributed by atoms with E-state index in [1.54, 1.807) is 0 Å². The van der Waals surface area contributed by atoms with E-state index in [0.29, 0.717) is 13.2 Å². The van der Waals surface area contributed by atoms with Crippen molar-refractivity contribution in [3.63, 3.8) is 0 Å². The van der Waals surface area contributed by atoms with Crippen molar-refractivity contribution in [1.82, 2.24) is 4.67 Å². The van der Waals surface area contributed by atoms with Crippen LogP contribution in [0.2, 0.25) is 0 Å². The molecule has 1 rings (SSSR count). The van der Waals surface area contributed by atoms with E-state index in [2.05, 4.69) is 0 Å². The smallest absolute Gasteiger partial charge is 0.480 e. The quantitative estimate of drug-likeness (QED) is 0.656. The van der Waals surface area contributed by atoms with Gasteiger partial charge in [-0.3, -0.25) is 4.79 Å². The highest BCUT2D eigenvalue weighted by molar-refractivity contribution is 7.36. The zero-order valence-electron chi connectivity index (χ0n) is 6.60. The summed E-state index contributed by atoms with van der Waals surface area (Å²) in [6.07, 6.45) is 1.69. The van der Waals surface area contributed by atoms with Crippen molar-refractivity contribution in [1.29, 1.82) is 0 Å². The average Bonchev–Trinajstić information content (AvgIpc) is 2.16. The van der Waals surface area contributed by atoms with Crippen LogP contribution >= 0.6 is 8.18 Å². The first-order valence-corrected chi connectivity index (χ1v) is 4.90. The summed E-state index contributed by atoms with van der Waals surface area (Å²) in [7, 11) is -1.91. The van der Waals surface area contributed by atoms with Gasteiger partial charge in [-0.15, -0.1) is 4.52 Å². The molecule has 0 radical (unpaired) electrons. The predicted octanol–water partition coefficient (Wildman–Crippen LogP) is 0.841. The minimum atomic E-state index is -1.91. The first-order valence-electron chi connectivity index (χ1n) is 3.77. The Labute approximate surface area is 71.2 Å². The number of carbonyl (C=O) groups is 1. The van der Waals surface area contributed by atoms with Gasteiger partial charge < -0.3 is 5.11 Å². The van der Waals surface area contributed by atoms with E-state index in [1.807, 2.05) is 0 Å². The molecule has 0 aromatic rings. The van der Waals surface area contributed by atoms with Crippen molar-refractivity contribution in [2.45, 2.75) is 12.8 Å². The Bertz CT molecular complexity index is 196. The summed E-state index contributed by atoms with van der Waals surface area (Å²) in [5.74, 6) is -0.969. The van der Waals surface area contributed by atoms with Crippen LogP contribution in [0.5, 0.6) is 0 Å². The van der Waals surface area contributed by atoms with Crippen molar-refractivity contribution in [2.75, 3.05) is 19.7 Å². The monoisotopic (exact) mass is 192 g/mol. The highest BCUT2D eigenvalue weighted by Crippen LogP contribution is 2.30. The number of carboxylic acid groups (broad SMARTS) is 1. The molecule has 0 aliphatic carbocycles. The maximum Gasteiger partial charge on any atom is 0.616 e. The zero-order chi connectivity index (χ0) is 8.97. The summed E-state index contributed by atoms with van der Waals surface area (Å²) in [6, 6.07) is 0. The Morgan fingerprint density at radius 3 is 3.00 bits per heavy atom. The van der Waals surface area contributed by atoms with Crippen LogP contribution in [0, 0.1) is 0 Å². The van der Waals surface area contributed by atoms with Gasteiger partial charge in [0.05, 0.1) is 0 Å². The molecule has 0 aromatic carbocycles. The van der Waals surface area contributed by atoms with Crippen LogP contribution in [0.25, 0.3) is 0 Å². The molecule has 0 amide bonds. The number of hydrogen-bond acceptors (Lipinski definition) is 3. The second-order valence-electron chi connectivity index (χ2n) is 2.56. The molecule has 1 N–H and O–H groups in total. The maximum atomic E-state index is 11.1. The van der Waals surface area contributed by atoms with Crippen LogP contribution < -0.4 is 0 Å². The standard InChI is InChI=1S/C6H10NO4P/c8-6(9)5-7-3-1-2-4-11-12(7)10/h1-5H2/p+1. The Morgan fingerprint density at radius 2 is 2.33 bits per heavy atom. The Balaban J connectivity index is 2.47. The third-order valence-corrected chi connectivity index (χ3v) is 2.77. The summed E-state index contributed by atoms with van der Waals surface area (Å²) < 4.78 is 17.4. The minimum absolute atomic E-state index is 0.199. The van der Waals surface area contributed by atoms with Crippen molar-refractivity contribution >= 4 is 14.1 Å². The third kappa shape index (κ3) is 2.85. The van der Waals surface area contributed by atoms with E-state index < -0.39 is 14.1 Å². The van der Waals surface area contributed by atoms with Gasteiger partial charge in [0.2, 0.25) is 0 Å². The lowest BCUT2D eigenvalue weighted by Crippen LogP contribution is -2.23. The molecule has 1 unspecified atom stereocenters. The van der Waals surface area contributed by atoms with Crippen LogP contribution in [0.1, 0.15) is 12.8 Å². The zero-order valence-corrected chi connectivity index (χ0v) is 7.50. The summed E-state index contributed by atoms with van der Waals surface area (Å²) in [5.41, 5.74) is 0. The molecule has 68 valence electrons. The highest BCUT2D eigenvalue weighted by Gasteiger charge is 2.33. The fraction of sp³-hybridized carbons (Fsp3) is 0.833. The number of rotatable bonds is 2. The first-order chi connectivity index (χ1) is 5.70. The molecule has 12 heavy (non-hydrogen) atoms. The molecular formula is C6H11NO4P+. The molecule has 0 bridgehead atoms. The molecular weight excluding hydrogens is 181 g/mol. The van der Waals surface area contributed by atoms with Crippen molar-refractivity contribution in [3.05, 3.63) is 0 Å². The van der Waals surface area contributed by atoms with Gasteiger partial charge in [0, 0.05) is 6.54 Å². The van der Waals surface area contributed by atoms with Crippen LogP contribution in [-0.4, -0.2) is 35.4 Å². The number of aliphatic carboxylic acids is 1. The van der Waals surface area contributed by atoms with Gasteiger partial charge in [0.15, 0.2) is 0 Å². The highest BCUT2D eigenvalue weighted by atomic mass is 31.1. The topological polar surface area (TPSA) is 66.8 Å². The average molecular weight is 192 g/mol. The number of carboxylic acids is 1. The SMILES string of the molecule is O=C(O)CN1CCCCO[P+]1=O. The van der Waals surface area contributed by atoms with Gasteiger partial charge in [-0.2, -0.15) is 0 Å². The van der Waals surface area contributed by atoms with Gasteiger partial charge in [0.25, 0.3) is 0 Å². The summed E-state index contributed by atoms with van der Waals surface area (Å²) in [6.45, 7) is 0.808. The predicted molar refractivity (Wildman–Crippen MR) is 42.0 cm³/mol. The second-order valence-corrected chi connectivity index (χ2v) is 3.86. The molecule has 1 saturated heterocycles. The molecule has 0 saturated carbocycles. The van der Waals surface area contributed by atoms with E-state index in [4.69, 9.17) is 9.63 Å². The van der Waals surface area contributed by atoms with Crippen LogP contribution in [-0.2, 0) is 13.9 Å². The van der Waals surface area contributed by atoms with Crippen molar-refractivity contribution in [2.24, 2.45) is 0 Å². The summed E-state index contributed by atoms with van der Waals surface area (Å²) >= 11 is 0. The summed E-state index contributed by atoms with van der Waals surface area (Å²) in [4.78, 5) is 10.3. The Morgan fingerprint density at radius 1 is 1.58 bits per heavy atom. The fourth-order valence-electron chi connectivity index (χ4n) is 0.995. The molecule has 1 fully saturated rings. The molecule has 1 aliphatic heterocycles. The number of hydrogen-bond donors (Lipinski definition) is 1. The van der Waals surface area contributed by atoms with Gasteiger partial charge in [-0.1, -0.05) is 4.67 Å². The van der Waals surface area contributed by atoms with Crippen molar-refractivity contribution in [3.8, 4) is 0 Å². The van der Waals surface area contributed by atoms with Gasteiger partial charge >= 0.3 is 14.1 Å². The molecule has 5 nitrogen and oxygen atoms in total. The second kappa shape index (κ2) is 4.50. The van der Waals surface area contributed by atoms with E-state index >= 15 is 0 Å². The molecule has 1 atom stereocenters. The van der Waals surface area contributed by atoms with E-state index in [9.17, 15) is 9.36 Å². The van der Waals surface area contributed by atoms with Crippen LogP contribution in [0.4, 0.5) is 0 Å². The van der Waals surface area contributed by atoms with Gasteiger partial charge in [-0.05, 0) is 17.4 Å². The molecule has 1 heterocycles. The summed E-state index contributed by atoms with van der Waals surface area (Å²) in [5, 5.41) is 8.45. The van der Waals surface area contributed by atoms with Gasteiger partial charge in [-0.25, -0.2) is 0 Å². The Kier molecular flexibility index (Phi) is 3.59. The molecule has 0 aromatic heterocycles. The normalized spacial score (nSPS) is 23.5. The van der Waals surface area contributed by atoms with Crippen molar-refractivity contribution < 1.29 is 19.0 Å². The molecule has 6 heteroatoms.